The van der Waals surface area contributed by atoms with Gasteiger partial charge < -0.3 is 10.4 Å². The largest absolute Gasteiger partial charge is 0.478 e. The van der Waals surface area contributed by atoms with Crippen LogP contribution >= 0.6 is 0 Å². The van der Waals surface area contributed by atoms with E-state index >= 15 is 0 Å². The number of aliphatic carboxylic acids is 1. The third kappa shape index (κ3) is 4.47. The van der Waals surface area contributed by atoms with Crippen molar-refractivity contribution in [2.24, 2.45) is 7.05 Å². The fraction of sp³-hybridized carbons (Fsp3) is 0.200. The van der Waals surface area contributed by atoms with Crippen LogP contribution in [0.15, 0.2) is 24.4 Å². The number of carboxylic acid groups (broad SMARTS) is 1. The van der Waals surface area contributed by atoms with Crippen molar-refractivity contribution in [2.45, 2.75) is 6.54 Å². The van der Waals surface area contributed by atoms with Crippen LogP contribution in [0.2, 0.25) is 0 Å². The number of amides is 3. The summed E-state index contributed by atoms with van der Waals surface area (Å²) < 4.78 is 1.58. The van der Waals surface area contributed by atoms with Gasteiger partial charge in [0.2, 0.25) is 0 Å². The Morgan fingerprint density at radius 1 is 1.44 bits per heavy atom. The number of nitrogens with one attached hydrogen (secondary N) is 2. The van der Waals surface area contributed by atoms with Crippen LogP contribution in [-0.4, -0.2) is 32.8 Å². The molecule has 0 aliphatic rings. The summed E-state index contributed by atoms with van der Waals surface area (Å²) in [6, 6.07) is 1.00. The van der Waals surface area contributed by atoms with Gasteiger partial charge in [-0.1, -0.05) is 0 Å². The summed E-state index contributed by atoms with van der Waals surface area (Å²) in [7, 11) is 1.72. The Morgan fingerprint density at radius 2 is 2.17 bits per heavy atom. The molecule has 0 fully saturated rings. The first-order valence-electron chi connectivity index (χ1n) is 4.95. The summed E-state index contributed by atoms with van der Waals surface area (Å²) >= 11 is 0. The zero-order chi connectivity index (χ0) is 13.5. The normalized spacial score (nSPS) is 10.3. The molecule has 0 saturated heterocycles. The molecule has 0 saturated carbocycles. The molecule has 0 unspecified atom stereocenters. The average molecular weight is 252 g/mol. The number of carbonyl (C=O) groups excluding carboxylic acids is 2. The quantitative estimate of drug-likeness (QED) is 0.618. The standard InChI is InChI=1S/C10H12N4O4/c1-14-7(4-5-12-14)6-11-10(18)13-8(15)2-3-9(16)17/h2-5H,6H2,1H3,(H,16,17)(H2,11,13,15,18). The van der Waals surface area contributed by atoms with E-state index in [1.807, 2.05) is 5.32 Å². The number of carbonyl (C=O) groups is 3. The molecule has 3 N–H and O–H groups in total. The molecule has 8 heteroatoms. The molecule has 96 valence electrons. The molecule has 0 bridgehead atoms. The van der Waals surface area contributed by atoms with E-state index in [4.69, 9.17) is 5.11 Å². The number of rotatable bonds is 4. The first-order valence-corrected chi connectivity index (χ1v) is 4.95. The molecule has 18 heavy (non-hydrogen) atoms. The van der Waals surface area contributed by atoms with E-state index in [2.05, 4.69) is 10.4 Å². The predicted octanol–water partition coefficient (Wildman–Crippen LogP) is -0.613. The minimum atomic E-state index is -1.26. The number of urea groups is 1. The topological polar surface area (TPSA) is 113 Å². The number of carboxylic acids is 1. The Balaban J connectivity index is 2.36. The Bertz CT molecular complexity index is 492. The van der Waals surface area contributed by atoms with Gasteiger partial charge in [0.1, 0.15) is 0 Å². The van der Waals surface area contributed by atoms with Crippen molar-refractivity contribution < 1.29 is 19.5 Å². The van der Waals surface area contributed by atoms with E-state index in [9.17, 15) is 14.4 Å². The fourth-order valence-electron chi connectivity index (χ4n) is 1.09. The number of aryl methyl sites for hydroxylation is 1. The summed E-state index contributed by atoms with van der Waals surface area (Å²) in [6.07, 6.45) is 2.98. The SMILES string of the molecule is Cn1nccc1CNC(=O)NC(=O)C=CC(=O)O. The van der Waals surface area contributed by atoms with Crippen LogP contribution in [0.3, 0.4) is 0 Å². The summed E-state index contributed by atoms with van der Waals surface area (Å²) in [6.45, 7) is 0.207. The Hall–Kier alpha value is -2.64. The van der Waals surface area contributed by atoms with Crippen molar-refractivity contribution in [3.63, 3.8) is 0 Å². The maximum Gasteiger partial charge on any atom is 0.328 e. The zero-order valence-corrected chi connectivity index (χ0v) is 9.58. The van der Waals surface area contributed by atoms with E-state index in [0.29, 0.717) is 6.08 Å². The van der Waals surface area contributed by atoms with E-state index in [0.717, 1.165) is 11.8 Å². The second-order valence-corrected chi connectivity index (χ2v) is 3.29. The summed E-state index contributed by atoms with van der Waals surface area (Å²) in [5.41, 5.74) is 0.763. The minimum Gasteiger partial charge on any atom is -0.478 e. The van der Waals surface area contributed by atoms with Crippen molar-refractivity contribution in [3.05, 3.63) is 30.1 Å². The lowest BCUT2D eigenvalue weighted by Crippen LogP contribution is -2.38. The molecule has 8 nitrogen and oxygen atoms in total. The number of nitrogens with zero attached hydrogens (tertiary/aromatic N) is 2. The highest BCUT2D eigenvalue weighted by molar-refractivity contribution is 6.02. The predicted molar refractivity (Wildman–Crippen MR) is 60.4 cm³/mol. The van der Waals surface area contributed by atoms with Gasteiger partial charge >= 0.3 is 12.0 Å². The molecular formula is C10H12N4O4. The van der Waals surface area contributed by atoms with Crippen molar-refractivity contribution in [1.82, 2.24) is 20.4 Å². The van der Waals surface area contributed by atoms with Crippen molar-refractivity contribution >= 4 is 17.9 Å². The maximum absolute atomic E-state index is 11.3. The second-order valence-electron chi connectivity index (χ2n) is 3.29. The number of hydrogen-bond donors (Lipinski definition) is 3. The fourth-order valence-corrected chi connectivity index (χ4v) is 1.09. The molecule has 0 aliphatic carbocycles. The molecule has 1 aromatic rings. The Labute approximate surface area is 102 Å². The summed E-state index contributed by atoms with van der Waals surface area (Å²) in [5, 5.41) is 16.6. The van der Waals surface area contributed by atoms with Crippen LogP contribution in [0.5, 0.6) is 0 Å². The van der Waals surface area contributed by atoms with E-state index in [1.165, 1.54) is 0 Å². The molecule has 1 rings (SSSR count). The lowest BCUT2D eigenvalue weighted by molar-refractivity contribution is -0.131. The minimum absolute atomic E-state index is 0.207. The molecule has 0 aliphatic heterocycles. The first kappa shape index (κ1) is 13.4. The molecule has 0 atom stereocenters. The monoisotopic (exact) mass is 252 g/mol. The van der Waals surface area contributed by atoms with Gasteiger partial charge in [-0.3, -0.25) is 14.8 Å². The van der Waals surface area contributed by atoms with Crippen LogP contribution in [-0.2, 0) is 23.2 Å². The Kier molecular flexibility index (Phi) is 4.61. The molecule has 3 amide bonds. The summed E-state index contributed by atoms with van der Waals surface area (Å²) in [4.78, 5) is 32.4. The first-order chi connectivity index (χ1) is 8.49. The number of hydrogen-bond acceptors (Lipinski definition) is 4. The van der Waals surface area contributed by atoms with Crippen LogP contribution in [0.4, 0.5) is 4.79 Å². The highest BCUT2D eigenvalue weighted by Crippen LogP contribution is 1.94. The van der Waals surface area contributed by atoms with Crippen molar-refractivity contribution in [3.8, 4) is 0 Å². The zero-order valence-electron chi connectivity index (χ0n) is 9.58. The smallest absolute Gasteiger partial charge is 0.328 e. The molecule has 1 aromatic heterocycles. The van der Waals surface area contributed by atoms with Gasteiger partial charge in [-0.05, 0) is 6.07 Å². The Morgan fingerprint density at radius 3 is 2.72 bits per heavy atom. The van der Waals surface area contributed by atoms with Crippen molar-refractivity contribution in [1.29, 1.82) is 0 Å². The summed E-state index contributed by atoms with van der Waals surface area (Å²) in [5.74, 6) is -2.07. The molecule has 1 heterocycles. The van der Waals surface area contributed by atoms with E-state index in [1.54, 1.807) is 24.0 Å². The van der Waals surface area contributed by atoms with Gasteiger partial charge in [-0.15, -0.1) is 0 Å². The lowest BCUT2D eigenvalue weighted by Gasteiger charge is -2.05. The van der Waals surface area contributed by atoms with Gasteiger partial charge in [0.05, 0.1) is 12.2 Å². The van der Waals surface area contributed by atoms with Gasteiger partial charge in [0, 0.05) is 25.4 Å². The van der Waals surface area contributed by atoms with Crippen LogP contribution in [0, 0.1) is 0 Å². The third-order valence-electron chi connectivity index (χ3n) is 1.97. The highest BCUT2D eigenvalue weighted by atomic mass is 16.4. The van der Waals surface area contributed by atoms with Crippen molar-refractivity contribution in [2.75, 3.05) is 0 Å². The average Bonchev–Trinajstić information content (AvgIpc) is 2.69. The molecular weight excluding hydrogens is 240 g/mol. The number of imide groups is 1. The van der Waals surface area contributed by atoms with Gasteiger partial charge in [-0.25, -0.2) is 9.59 Å². The van der Waals surface area contributed by atoms with Crippen LogP contribution in [0.25, 0.3) is 0 Å². The molecule has 0 radical (unpaired) electrons. The van der Waals surface area contributed by atoms with E-state index in [-0.39, 0.29) is 6.54 Å². The molecule has 0 aromatic carbocycles. The van der Waals surface area contributed by atoms with Gasteiger partial charge in [-0.2, -0.15) is 5.10 Å². The maximum atomic E-state index is 11.3. The van der Waals surface area contributed by atoms with Crippen LogP contribution < -0.4 is 10.6 Å². The van der Waals surface area contributed by atoms with Gasteiger partial charge in [0.15, 0.2) is 0 Å². The molecule has 0 spiro atoms. The number of aromatic nitrogens is 2. The highest BCUT2D eigenvalue weighted by Gasteiger charge is 2.06. The van der Waals surface area contributed by atoms with Gasteiger partial charge in [0.25, 0.3) is 5.91 Å². The van der Waals surface area contributed by atoms with E-state index < -0.39 is 17.9 Å². The third-order valence-corrected chi connectivity index (χ3v) is 1.97. The lowest BCUT2D eigenvalue weighted by atomic mass is 10.4. The second kappa shape index (κ2) is 6.18. The van der Waals surface area contributed by atoms with Crippen LogP contribution in [0.1, 0.15) is 5.69 Å².